The van der Waals surface area contributed by atoms with Crippen LogP contribution in [0.5, 0.6) is 0 Å². The zero-order valence-electron chi connectivity index (χ0n) is 6.28. The minimum atomic E-state index is -0.821. The van der Waals surface area contributed by atoms with Crippen molar-refractivity contribution in [2.24, 2.45) is 5.10 Å². The number of carboxylic acids is 1. The molecule has 0 saturated heterocycles. The van der Waals surface area contributed by atoms with Crippen LogP contribution in [0.3, 0.4) is 0 Å². The molecule has 4 nitrogen and oxygen atoms in total. The lowest BCUT2D eigenvalue weighted by Crippen LogP contribution is -2.22. The molecule has 11 heavy (non-hydrogen) atoms. The minimum Gasteiger partial charge on any atom is -0.480 e. The highest BCUT2D eigenvalue weighted by Gasteiger charge is 2.12. The Balaban J connectivity index is 0.000001000. The fourth-order valence-corrected chi connectivity index (χ4v) is 0.903. The van der Waals surface area contributed by atoms with Gasteiger partial charge < -0.3 is 5.11 Å². The first-order valence-corrected chi connectivity index (χ1v) is 3.19. The van der Waals surface area contributed by atoms with Crippen molar-refractivity contribution in [3.8, 4) is 0 Å². The SMILES string of the molecule is CC1=NN(CC(=O)O)CC1.Cl. The minimum absolute atomic E-state index is 0. The number of carbonyl (C=O) groups is 1. The van der Waals surface area contributed by atoms with Crippen LogP contribution in [0.2, 0.25) is 0 Å². The van der Waals surface area contributed by atoms with Gasteiger partial charge in [-0.15, -0.1) is 12.4 Å². The molecule has 0 spiro atoms. The number of hydrazone groups is 1. The maximum Gasteiger partial charge on any atom is 0.324 e. The van der Waals surface area contributed by atoms with Crippen molar-refractivity contribution in [2.45, 2.75) is 13.3 Å². The van der Waals surface area contributed by atoms with Crippen molar-refractivity contribution in [3.05, 3.63) is 0 Å². The Bertz CT molecular complexity index is 181. The van der Waals surface area contributed by atoms with Gasteiger partial charge in [0.15, 0.2) is 0 Å². The summed E-state index contributed by atoms with van der Waals surface area (Å²) in [6, 6.07) is 0. The van der Waals surface area contributed by atoms with E-state index in [0.717, 1.165) is 18.7 Å². The first-order chi connectivity index (χ1) is 4.68. The number of halogens is 1. The summed E-state index contributed by atoms with van der Waals surface area (Å²) < 4.78 is 0. The van der Waals surface area contributed by atoms with Gasteiger partial charge in [0.05, 0.1) is 0 Å². The first-order valence-electron chi connectivity index (χ1n) is 3.19. The van der Waals surface area contributed by atoms with Gasteiger partial charge in [0, 0.05) is 18.7 Å². The van der Waals surface area contributed by atoms with Crippen LogP contribution < -0.4 is 0 Å². The molecule has 0 radical (unpaired) electrons. The average molecular weight is 179 g/mol. The summed E-state index contributed by atoms with van der Waals surface area (Å²) in [5.41, 5.74) is 1.02. The van der Waals surface area contributed by atoms with Gasteiger partial charge in [0.2, 0.25) is 0 Å². The topological polar surface area (TPSA) is 52.9 Å². The van der Waals surface area contributed by atoms with Crippen LogP contribution in [0.1, 0.15) is 13.3 Å². The van der Waals surface area contributed by atoms with E-state index in [4.69, 9.17) is 5.11 Å². The predicted molar refractivity (Wildman–Crippen MR) is 44.2 cm³/mol. The van der Waals surface area contributed by atoms with E-state index in [0.29, 0.717) is 0 Å². The molecule has 0 aliphatic carbocycles. The molecule has 0 aromatic carbocycles. The molecule has 0 amide bonds. The Morgan fingerprint density at radius 3 is 2.82 bits per heavy atom. The summed E-state index contributed by atoms with van der Waals surface area (Å²) in [6.45, 7) is 2.68. The smallest absolute Gasteiger partial charge is 0.324 e. The monoisotopic (exact) mass is 178 g/mol. The Labute approximate surface area is 71.3 Å². The summed E-state index contributed by atoms with van der Waals surface area (Å²) in [4.78, 5) is 10.2. The zero-order chi connectivity index (χ0) is 7.56. The van der Waals surface area contributed by atoms with Crippen molar-refractivity contribution in [1.82, 2.24) is 5.01 Å². The van der Waals surface area contributed by atoms with E-state index in [1.54, 1.807) is 5.01 Å². The highest BCUT2D eigenvalue weighted by Crippen LogP contribution is 2.03. The third-order valence-corrected chi connectivity index (χ3v) is 1.36. The van der Waals surface area contributed by atoms with Crippen LogP contribution in [0.4, 0.5) is 0 Å². The summed E-state index contributed by atoms with van der Waals surface area (Å²) in [5.74, 6) is -0.821. The molecule has 0 atom stereocenters. The predicted octanol–water partition coefficient (Wildman–Crippen LogP) is 0.574. The van der Waals surface area contributed by atoms with E-state index < -0.39 is 5.97 Å². The fourth-order valence-electron chi connectivity index (χ4n) is 0.903. The average Bonchev–Trinajstić information content (AvgIpc) is 2.13. The van der Waals surface area contributed by atoms with Gasteiger partial charge in [-0.3, -0.25) is 9.80 Å². The van der Waals surface area contributed by atoms with Gasteiger partial charge in [-0.1, -0.05) is 0 Å². The van der Waals surface area contributed by atoms with E-state index in [2.05, 4.69) is 5.10 Å². The summed E-state index contributed by atoms with van der Waals surface area (Å²) >= 11 is 0. The number of hydrogen-bond donors (Lipinski definition) is 1. The third kappa shape index (κ3) is 3.23. The van der Waals surface area contributed by atoms with E-state index in [-0.39, 0.29) is 19.0 Å². The van der Waals surface area contributed by atoms with Crippen molar-refractivity contribution in [1.29, 1.82) is 0 Å². The standard InChI is InChI=1S/C6H10N2O2.ClH/c1-5-2-3-8(7-5)4-6(9)10;/h2-4H2,1H3,(H,9,10);1H. The second-order valence-corrected chi connectivity index (χ2v) is 2.37. The molecule has 0 aromatic heterocycles. The molecule has 1 rings (SSSR count). The van der Waals surface area contributed by atoms with Crippen LogP contribution in [0, 0.1) is 0 Å². The molecule has 1 heterocycles. The van der Waals surface area contributed by atoms with Crippen molar-refractivity contribution < 1.29 is 9.90 Å². The second kappa shape index (κ2) is 4.18. The Hall–Kier alpha value is -0.770. The molecule has 5 heteroatoms. The maximum absolute atomic E-state index is 10.2. The molecule has 1 aliphatic rings. The molecule has 1 aliphatic heterocycles. The number of rotatable bonds is 2. The Morgan fingerprint density at radius 2 is 2.45 bits per heavy atom. The molecule has 0 fully saturated rings. The second-order valence-electron chi connectivity index (χ2n) is 2.37. The number of hydrogen-bond acceptors (Lipinski definition) is 3. The van der Waals surface area contributed by atoms with Crippen LogP contribution in [-0.2, 0) is 4.79 Å². The first kappa shape index (κ1) is 10.2. The van der Waals surface area contributed by atoms with Gasteiger partial charge in [-0.2, -0.15) is 5.10 Å². The number of aliphatic carboxylic acids is 1. The van der Waals surface area contributed by atoms with Gasteiger partial charge in [0.25, 0.3) is 0 Å². The molecular weight excluding hydrogens is 168 g/mol. The lowest BCUT2D eigenvalue weighted by atomic mass is 10.3. The lowest BCUT2D eigenvalue weighted by molar-refractivity contribution is -0.138. The maximum atomic E-state index is 10.2. The summed E-state index contributed by atoms with van der Waals surface area (Å²) in [5, 5.41) is 13.9. The van der Waals surface area contributed by atoms with E-state index >= 15 is 0 Å². The van der Waals surface area contributed by atoms with Gasteiger partial charge in [0.1, 0.15) is 6.54 Å². The quantitative estimate of drug-likeness (QED) is 0.673. The van der Waals surface area contributed by atoms with Crippen LogP contribution >= 0.6 is 12.4 Å². The molecule has 0 saturated carbocycles. The largest absolute Gasteiger partial charge is 0.480 e. The summed E-state index contributed by atoms with van der Waals surface area (Å²) in [6.07, 6.45) is 0.896. The van der Waals surface area contributed by atoms with Crippen LogP contribution in [-0.4, -0.2) is 34.9 Å². The number of carboxylic acid groups (broad SMARTS) is 1. The molecule has 1 N–H and O–H groups in total. The van der Waals surface area contributed by atoms with Crippen LogP contribution in [0.15, 0.2) is 5.10 Å². The molecule has 64 valence electrons. The van der Waals surface area contributed by atoms with Crippen molar-refractivity contribution >= 4 is 24.1 Å². The van der Waals surface area contributed by atoms with Crippen LogP contribution in [0.25, 0.3) is 0 Å². The molecule has 0 bridgehead atoms. The van der Waals surface area contributed by atoms with Gasteiger partial charge in [-0.25, -0.2) is 0 Å². The van der Waals surface area contributed by atoms with E-state index in [1.165, 1.54) is 0 Å². The molecule has 0 unspecified atom stereocenters. The fraction of sp³-hybridized carbons (Fsp3) is 0.667. The third-order valence-electron chi connectivity index (χ3n) is 1.36. The van der Waals surface area contributed by atoms with Gasteiger partial charge in [-0.05, 0) is 6.92 Å². The highest BCUT2D eigenvalue weighted by atomic mass is 35.5. The summed E-state index contributed by atoms with van der Waals surface area (Å²) in [7, 11) is 0. The highest BCUT2D eigenvalue weighted by molar-refractivity contribution is 5.85. The number of nitrogens with zero attached hydrogens (tertiary/aromatic N) is 2. The van der Waals surface area contributed by atoms with E-state index in [1.807, 2.05) is 6.92 Å². The lowest BCUT2D eigenvalue weighted by Gasteiger charge is -2.08. The van der Waals surface area contributed by atoms with Crippen molar-refractivity contribution in [2.75, 3.05) is 13.1 Å². The molecule has 0 aromatic rings. The van der Waals surface area contributed by atoms with Gasteiger partial charge >= 0.3 is 5.97 Å². The molecular formula is C6H11ClN2O2. The van der Waals surface area contributed by atoms with E-state index in [9.17, 15) is 4.79 Å². The van der Waals surface area contributed by atoms with Crippen molar-refractivity contribution in [3.63, 3.8) is 0 Å². The normalized spacial score (nSPS) is 15.7. The Kier molecular flexibility index (Phi) is 3.89. The zero-order valence-corrected chi connectivity index (χ0v) is 7.10. The Morgan fingerprint density at radius 1 is 1.82 bits per heavy atom.